The molecule has 1 aromatic carbocycles. The van der Waals surface area contributed by atoms with Crippen LogP contribution < -0.4 is 15.4 Å². The van der Waals surface area contributed by atoms with E-state index in [1.165, 1.54) is 12.1 Å². The number of rotatable bonds is 6. The van der Waals surface area contributed by atoms with Gasteiger partial charge in [0.1, 0.15) is 18.2 Å². The number of aliphatic carboxylic acids is 1. The van der Waals surface area contributed by atoms with Crippen LogP contribution in [0, 0.1) is 11.7 Å². The highest BCUT2D eigenvalue weighted by atomic mass is 35.5. The van der Waals surface area contributed by atoms with E-state index in [4.69, 9.17) is 21.4 Å². The lowest BCUT2D eigenvalue weighted by atomic mass is 9.86. The minimum atomic E-state index is -0.770. The Kier molecular flexibility index (Phi) is 6.66. The molecule has 1 aromatic rings. The largest absolute Gasteiger partial charge is 0.492 e. The van der Waals surface area contributed by atoms with Crippen molar-refractivity contribution in [3.63, 3.8) is 0 Å². The first-order valence-electron chi connectivity index (χ1n) is 7.80. The quantitative estimate of drug-likeness (QED) is 0.682. The maximum atomic E-state index is 13.2. The van der Waals surface area contributed by atoms with Gasteiger partial charge in [0.05, 0.1) is 17.5 Å². The number of carbonyl (C=O) groups is 2. The third-order valence-electron chi connectivity index (χ3n) is 3.96. The van der Waals surface area contributed by atoms with Gasteiger partial charge in [-0.2, -0.15) is 0 Å². The van der Waals surface area contributed by atoms with Crippen LogP contribution in [0.4, 0.5) is 9.18 Å². The highest BCUT2D eigenvalue weighted by Gasteiger charge is 2.26. The highest BCUT2D eigenvalue weighted by Crippen LogP contribution is 2.24. The molecule has 1 aliphatic rings. The lowest BCUT2D eigenvalue weighted by Crippen LogP contribution is -2.45. The predicted octanol–water partition coefficient (Wildman–Crippen LogP) is 2.80. The van der Waals surface area contributed by atoms with E-state index in [2.05, 4.69) is 10.6 Å². The fraction of sp³-hybridized carbons (Fsp3) is 0.500. The van der Waals surface area contributed by atoms with E-state index < -0.39 is 11.8 Å². The Morgan fingerprint density at radius 2 is 2.00 bits per heavy atom. The van der Waals surface area contributed by atoms with Gasteiger partial charge in [-0.05, 0) is 37.8 Å². The lowest BCUT2D eigenvalue weighted by molar-refractivity contribution is -0.142. The minimum Gasteiger partial charge on any atom is -0.492 e. The molecule has 0 spiro atoms. The third kappa shape index (κ3) is 5.56. The van der Waals surface area contributed by atoms with Crippen molar-refractivity contribution in [1.82, 2.24) is 10.6 Å². The van der Waals surface area contributed by atoms with Gasteiger partial charge in [-0.15, -0.1) is 0 Å². The van der Waals surface area contributed by atoms with E-state index >= 15 is 0 Å². The summed E-state index contributed by atoms with van der Waals surface area (Å²) in [6.45, 7) is 0.459. The fourth-order valence-corrected chi connectivity index (χ4v) is 2.74. The summed E-state index contributed by atoms with van der Waals surface area (Å²) < 4.78 is 18.5. The predicted molar refractivity (Wildman–Crippen MR) is 86.8 cm³/mol. The number of carbonyl (C=O) groups excluding carboxylic acids is 1. The monoisotopic (exact) mass is 358 g/mol. The molecule has 1 saturated carbocycles. The summed E-state index contributed by atoms with van der Waals surface area (Å²) in [6, 6.07) is 3.81. The van der Waals surface area contributed by atoms with Crippen molar-refractivity contribution in [1.29, 1.82) is 0 Å². The van der Waals surface area contributed by atoms with Gasteiger partial charge >= 0.3 is 12.0 Å². The summed E-state index contributed by atoms with van der Waals surface area (Å²) in [7, 11) is 0. The molecule has 0 saturated heterocycles. The molecule has 2 amide bonds. The summed E-state index contributed by atoms with van der Waals surface area (Å²) in [5, 5.41) is 14.4. The summed E-state index contributed by atoms with van der Waals surface area (Å²) in [5.41, 5.74) is 0. The molecule has 1 fully saturated rings. The summed E-state index contributed by atoms with van der Waals surface area (Å²) >= 11 is 5.57. The highest BCUT2D eigenvalue weighted by molar-refractivity contribution is 6.30. The zero-order valence-corrected chi connectivity index (χ0v) is 13.8. The number of nitrogens with one attached hydrogen (secondary N) is 2. The van der Waals surface area contributed by atoms with Crippen molar-refractivity contribution in [2.75, 3.05) is 13.2 Å². The number of ether oxygens (including phenoxy) is 1. The Bertz CT molecular complexity index is 591. The molecule has 0 radical (unpaired) electrons. The topological polar surface area (TPSA) is 87.7 Å². The molecular formula is C16H20ClFN2O4. The smallest absolute Gasteiger partial charge is 0.315 e. The maximum absolute atomic E-state index is 13.2. The van der Waals surface area contributed by atoms with E-state index in [1.807, 2.05) is 0 Å². The van der Waals surface area contributed by atoms with Gasteiger partial charge in [-0.25, -0.2) is 9.18 Å². The number of hydrogen-bond acceptors (Lipinski definition) is 3. The second kappa shape index (κ2) is 8.73. The molecule has 0 aliphatic heterocycles. The van der Waals surface area contributed by atoms with Crippen LogP contribution in [-0.2, 0) is 4.79 Å². The average molecular weight is 359 g/mol. The second-order valence-corrected chi connectivity index (χ2v) is 6.12. The average Bonchev–Trinajstić information content (AvgIpc) is 2.55. The van der Waals surface area contributed by atoms with Gasteiger partial charge in [-0.1, -0.05) is 11.6 Å². The Labute approximate surface area is 144 Å². The van der Waals surface area contributed by atoms with Gasteiger partial charge in [-0.3, -0.25) is 4.79 Å². The van der Waals surface area contributed by atoms with Gasteiger partial charge in [0.2, 0.25) is 0 Å². The molecule has 2 rings (SSSR count). The van der Waals surface area contributed by atoms with Gasteiger partial charge in [0.25, 0.3) is 0 Å². The molecule has 0 aromatic heterocycles. The van der Waals surface area contributed by atoms with Crippen molar-refractivity contribution < 1.29 is 23.8 Å². The standard InChI is InChI=1S/C16H20ClFN2O4/c17-13-6-5-12(9-14(13)18)24-8-7-19-16(23)20-11-3-1-10(2-4-11)15(21)22/h5-6,9-11H,1-4,7-8H2,(H,21,22)(H2,19,20,23). The third-order valence-corrected chi connectivity index (χ3v) is 4.27. The van der Waals surface area contributed by atoms with Crippen molar-refractivity contribution in [3.8, 4) is 5.75 Å². The Hall–Kier alpha value is -2.02. The molecule has 1 aliphatic carbocycles. The van der Waals surface area contributed by atoms with Gasteiger partial charge < -0.3 is 20.5 Å². The first-order chi connectivity index (χ1) is 11.5. The molecule has 0 bridgehead atoms. The molecule has 0 atom stereocenters. The number of carboxylic acids is 1. The first-order valence-corrected chi connectivity index (χ1v) is 8.18. The number of halogens is 2. The lowest BCUT2D eigenvalue weighted by Gasteiger charge is -2.26. The molecule has 6 nitrogen and oxygen atoms in total. The van der Waals surface area contributed by atoms with Crippen LogP contribution in [0.5, 0.6) is 5.75 Å². The van der Waals surface area contributed by atoms with E-state index in [0.29, 0.717) is 31.4 Å². The molecule has 132 valence electrons. The summed E-state index contributed by atoms with van der Waals surface area (Å²) in [6.07, 6.45) is 2.47. The van der Waals surface area contributed by atoms with Crippen LogP contribution >= 0.6 is 11.6 Å². The molecule has 8 heteroatoms. The van der Waals surface area contributed by atoms with Crippen molar-refractivity contribution in [3.05, 3.63) is 29.0 Å². The normalized spacial score (nSPS) is 20.2. The van der Waals surface area contributed by atoms with Crippen LogP contribution in [0.3, 0.4) is 0 Å². The van der Waals surface area contributed by atoms with Gasteiger partial charge in [0, 0.05) is 12.1 Å². The molecule has 24 heavy (non-hydrogen) atoms. The van der Waals surface area contributed by atoms with E-state index in [9.17, 15) is 14.0 Å². The van der Waals surface area contributed by atoms with Gasteiger partial charge in [0.15, 0.2) is 0 Å². The van der Waals surface area contributed by atoms with Crippen molar-refractivity contribution in [2.45, 2.75) is 31.7 Å². The Morgan fingerprint density at radius 3 is 2.62 bits per heavy atom. The zero-order valence-electron chi connectivity index (χ0n) is 13.1. The number of amides is 2. The summed E-state index contributed by atoms with van der Waals surface area (Å²) in [5.74, 6) is -1.30. The van der Waals surface area contributed by atoms with E-state index in [1.54, 1.807) is 6.07 Å². The SMILES string of the molecule is O=C(NCCOc1ccc(Cl)c(F)c1)NC1CCC(C(=O)O)CC1. The van der Waals surface area contributed by atoms with Crippen LogP contribution in [0.2, 0.25) is 5.02 Å². The van der Waals surface area contributed by atoms with Crippen LogP contribution in [0.15, 0.2) is 18.2 Å². The number of hydrogen-bond donors (Lipinski definition) is 3. The number of carboxylic acid groups (broad SMARTS) is 1. The Balaban J connectivity index is 1.61. The van der Waals surface area contributed by atoms with Crippen molar-refractivity contribution >= 4 is 23.6 Å². The fourth-order valence-electron chi connectivity index (χ4n) is 2.62. The minimum absolute atomic E-state index is 0.00752. The zero-order chi connectivity index (χ0) is 17.5. The second-order valence-electron chi connectivity index (χ2n) is 5.71. The molecule has 0 heterocycles. The number of urea groups is 1. The number of benzene rings is 1. The molecule has 3 N–H and O–H groups in total. The van der Waals surface area contributed by atoms with Crippen molar-refractivity contribution in [2.24, 2.45) is 5.92 Å². The van der Waals surface area contributed by atoms with E-state index in [0.717, 1.165) is 0 Å². The first kappa shape index (κ1) is 18.3. The Morgan fingerprint density at radius 1 is 1.29 bits per heavy atom. The molecule has 0 unspecified atom stereocenters. The molecular weight excluding hydrogens is 339 g/mol. The summed E-state index contributed by atoms with van der Waals surface area (Å²) in [4.78, 5) is 22.6. The maximum Gasteiger partial charge on any atom is 0.315 e. The van der Waals surface area contributed by atoms with Crippen LogP contribution in [0.1, 0.15) is 25.7 Å². The van der Waals surface area contributed by atoms with E-state index in [-0.39, 0.29) is 36.2 Å². The van der Waals surface area contributed by atoms with Crippen LogP contribution in [0.25, 0.3) is 0 Å². The van der Waals surface area contributed by atoms with Crippen LogP contribution in [-0.4, -0.2) is 36.3 Å².